The fourth-order valence-electron chi connectivity index (χ4n) is 3.68. The molecule has 1 amide bonds. The van der Waals surface area contributed by atoms with E-state index in [-0.39, 0.29) is 29.2 Å². The van der Waals surface area contributed by atoms with Crippen molar-refractivity contribution in [2.75, 3.05) is 11.9 Å². The predicted octanol–water partition coefficient (Wildman–Crippen LogP) is 2.70. The number of amides is 1. The quantitative estimate of drug-likeness (QED) is 0.860. The highest BCUT2D eigenvalue weighted by Crippen LogP contribution is 2.40. The van der Waals surface area contributed by atoms with E-state index in [1.807, 2.05) is 0 Å². The maximum atomic E-state index is 13.5. The summed E-state index contributed by atoms with van der Waals surface area (Å²) >= 11 is 0. The number of para-hydroxylation sites is 1. The number of hydrogen-bond acceptors (Lipinski definition) is 4. The Morgan fingerprint density at radius 1 is 1.17 bits per heavy atom. The molecule has 2 atom stereocenters. The van der Waals surface area contributed by atoms with Gasteiger partial charge in [0.25, 0.3) is 5.91 Å². The Labute approximate surface area is 139 Å². The molecule has 2 fully saturated rings. The molecule has 3 rings (SSSR count). The summed E-state index contributed by atoms with van der Waals surface area (Å²) in [5.74, 6) is -1.69. The topological polar surface area (TPSA) is 72.5 Å². The fourth-order valence-corrected chi connectivity index (χ4v) is 3.68. The zero-order valence-corrected chi connectivity index (χ0v) is 13.3. The van der Waals surface area contributed by atoms with Crippen molar-refractivity contribution in [3.8, 4) is 0 Å². The molecule has 0 unspecified atom stereocenters. The molecular formula is C18H20FNO4. The molecule has 1 aromatic rings. The lowest BCUT2D eigenvalue weighted by atomic mass is 9.67. The van der Waals surface area contributed by atoms with Crippen LogP contribution >= 0.6 is 0 Å². The van der Waals surface area contributed by atoms with Gasteiger partial charge in [-0.05, 0) is 37.8 Å². The van der Waals surface area contributed by atoms with Crippen LogP contribution in [0.1, 0.15) is 32.1 Å². The number of carbonyl (C=O) groups excluding carboxylic acids is 3. The monoisotopic (exact) mass is 333 g/mol. The Morgan fingerprint density at radius 2 is 1.83 bits per heavy atom. The van der Waals surface area contributed by atoms with E-state index in [9.17, 15) is 18.8 Å². The van der Waals surface area contributed by atoms with Crippen LogP contribution in [0.5, 0.6) is 0 Å². The van der Waals surface area contributed by atoms with Crippen molar-refractivity contribution < 1.29 is 23.5 Å². The number of halogens is 1. The molecule has 2 aliphatic rings. The van der Waals surface area contributed by atoms with Crippen molar-refractivity contribution in [3.05, 3.63) is 30.1 Å². The van der Waals surface area contributed by atoms with Crippen LogP contribution in [0, 0.1) is 23.6 Å². The van der Waals surface area contributed by atoms with Crippen LogP contribution in [-0.4, -0.2) is 24.3 Å². The van der Waals surface area contributed by atoms with Crippen LogP contribution in [0.25, 0.3) is 0 Å². The first-order valence-corrected chi connectivity index (χ1v) is 8.29. The number of hydrogen-bond donors (Lipinski definition) is 1. The molecular weight excluding hydrogens is 313 g/mol. The summed E-state index contributed by atoms with van der Waals surface area (Å²) < 4.78 is 18.5. The van der Waals surface area contributed by atoms with Crippen molar-refractivity contribution in [3.63, 3.8) is 0 Å². The van der Waals surface area contributed by atoms with Gasteiger partial charge in [0.05, 0.1) is 11.6 Å². The summed E-state index contributed by atoms with van der Waals surface area (Å²) in [7, 11) is 0. The van der Waals surface area contributed by atoms with E-state index in [1.165, 1.54) is 18.2 Å². The van der Waals surface area contributed by atoms with E-state index < -0.39 is 24.3 Å². The van der Waals surface area contributed by atoms with Crippen molar-refractivity contribution in [1.29, 1.82) is 0 Å². The largest absolute Gasteiger partial charge is 0.455 e. The number of benzene rings is 1. The van der Waals surface area contributed by atoms with E-state index in [0.29, 0.717) is 12.8 Å². The van der Waals surface area contributed by atoms with E-state index in [2.05, 4.69) is 5.32 Å². The second-order valence-electron chi connectivity index (χ2n) is 6.53. The van der Waals surface area contributed by atoms with Gasteiger partial charge in [0.1, 0.15) is 11.6 Å². The summed E-state index contributed by atoms with van der Waals surface area (Å²) in [6.45, 7) is -0.451. The first-order valence-electron chi connectivity index (χ1n) is 8.29. The standard InChI is InChI=1S/C18H20FNO4/c19-14-6-1-2-7-15(14)20-16(21)10-24-18(23)13-8-11-4-3-5-12(9-13)17(11)22/h1-2,6-7,11-13H,3-5,8-10H2,(H,20,21)/t11-,12-/m1/s1. The van der Waals surface area contributed by atoms with Crippen LogP contribution in [0.3, 0.4) is 0 Å². The number of carbonyl (C=O) groups is 3. The number of ketones is 1. The highest BCUT2D eigenvalue weighted by molar-refractivity contribution is 5.93. The molecule has 0 aliphatic heterocycles. The van der Waals surface area contributed by atoms with Crippen LogP contribution in [0.15, 0.2) is 24.3 Å². The number of anilines is 1. The Bertz CT molecular complexity index is 644. The maximum absolute atomic E-state index is 13.5. The molecule has 1 aromatic carbocycles. The zero-order chi connectivity index (χ0) is 17.1. The molecule has 2 aliphatic carbocycles. The van der Waals surface area contributed by atoms with Crippen LogP contribution in [0.2, 0.25) is 0 Å². The number of nitrogens with one attached hydrogen (secondary N) is 1. The predicted molar refractivity (Wildman–Crippen MR) is 84.6 cm³/mol. The molecule has 128 valence electrons. The van der Waals surface area contributed by atoms with E-state index >= 15 is 0 Å². The van der Waals surface area contributed by atoms with Crippen molar-refractivity contribution in [1.82, 2.24) is 0 Å². The normalized spacial score (nSPS) is 25.9. The van der Waals surface area contributed by atoms with Gasteiger partial charge in [-0.3, -0.25) is 14.4 Å². The third-order valence-electron chi connectivity index (χ3n) is 4.87. The van der Waals surface area contributed by atoms with Crippen molar-refractivity contribution in [2.24, 2.45) is 17.8 Å². The number of Topliss-reactive ketones (excluding diaryl/α,β-unsaturated/α-hetero) is 1. The van der Waals surface area contributed by atoms with E-state index in [4.69, 9.17) is 4.74 Å². The molecule has 24 heavy (non-hydrogen) atoms. The number of ether oxygens (including phenoxy) is 1. The molecule has 6 heteroatoms. The first kappa shape index (κ1) is 16.6. The first-order chi connectivity index (χ1) is 11.5. The Balaban J connectivity index is 1.50. The number of rotatable bonds is 4. The van der Waals surface area contributed by atoms with E-state index in [1.54, 1.807) is 6.07 Å². The van der Waals surface area contributed by atoms with Crippen molar-refractivity contribution >= 4 is 23.3 Å². The third-order valence-corrected chi connectivity index (χ3v) is 4.87. The SMILES string of the molecule is O=C(COC(=O)C1C[C@H]2CCC[C@H](C1)C2=O)Nc1ccccc1F. The average molecular weight is 333 g/mol. The lowest BCUT2D eigenvalue weighted by molar-refractivity contribution is -0.155. The minimum absolute atomic E-state index is 0.0395. The Morgan fingerprint density at radius 3 is 2.50 bits per heavy atom. The van der Waals surface area contributed by atoms with Crippen LogP contribution < -0.4 is 5.32 Å². The average Bonchev–Trinajstić information content (AvgIpc) is 2.54. The van der Waals surface area contributed by atoms with Crippen LogP contribution in [-0.2, 0) is 19.1 Å². The van der Waals surface area contributed by atoms with Gasteiger partial charge < -0.3 is 10.1 Å². The van der Waals surface area contributed by atoms with Gasteiger partial charge >= 0.3 is 5.97 Å². The minimum atomic E-state index is -0.583. The lowest BCUT2D eigenvalue weighted by Crippen LogP contribution is -2.40. The molecule has 5 nitrogen and oxygen atoms in total. The van der Waals surface area contributed by atoms with Gasteiger partial charge in [-0.15, -0.1) is 0 Å². The second kappa shape index (κ2) is 7.11. The zero-order valence-electron chi connectivity index (χ0n) is 13.3. The fraction of sp³-hybridized carbons (Fsp3) is 0.500. The molecule has 1 N–H and O–H groups in total. The summed E-state index contributed by atoms with van der Waals surface area (Å²) in [6, 6.07) is 5.79. The maximum Gasteiger partial charge on any atom is 0.309 e. The number of fused-ring (bicyclic) bond motifs is 2. The minimum Gasteiger partial charge on any atom is -0.455 e. The molecule has 0 saturated heterocycles. The highest BCUT2D eigenvalue weighted by atomic mass is 19.1. The van der Waals surface area contributed by atoms with Gasteiger partial charge in [-0.1, -0.05) is 18.6 Å². The molecule has 0 heterocycles. The molecule has 2 saturated carbocycles. The third kappa shape index (κ3) is 3.63. The van der Waals surface area contributed by atoms with Gasteiger partial charge in [-0.25, -0.2) is 4.39 Å². The lowest BCUT2D eigenvalue weighted by Gasteiger charge is -2.36. The second-order valence-corrected chi connectivity index (χ2v) is 6.53. The van der Waals surface area contributed by atoms with E-state index in [0.717, 1.165) is 19.3 Å². The Kier molecular flexibility index (Phi) is 4.92. The Hall–Kier alpha value is -2.24. The highest BCUT2D eigenvalue weighted by Gasteiger charge is 2.41. The van der Waals surface area contributed by atoms with Crippen LogP contribution in [0.4, 0.5) is 10.1 Å². The van der Waals surface area contributed by atoms with Gasteiger partial charge in [0.2, 0.25) is 0 Å². The molecule has 0 spiro atoms. The smallest absolute Gasteiger partial charge is 0.309 e. The van der Waals surface area contributed by atoms with Crippen molar-refractivity contribution in [2.45, 2.75) is 32.1 Å². The molecule has 0 aromatic heterocycles. The summed E-state index contributed by atoms with van der Waals surface area (Å²) in [6.07, 6.45) is 3.75. The van der Waals surface area contributed by atoms with Gasteiger partial charge in [-0.2, -0.15) is 0 Å². The molecule has 2 bridgehead atoms. The number of esters is 1. The summed E-state index contributed by atoms with van der Waals surface area (Å²) in [4.78, 5) is 36.0. The molecule has 0 radical (unpaired) electrons. The summed E-state index contributed by atoms with van der Waals surface area (Å²) in [5.41, 5.74) is 0.0522. The summed E-state index contributed by atoms with van der Waals surface area (Å²) in [5, 5.41) is 2.37. The van der Waals surface area contributed by atoms with Gasteiger partial charge in [0, 0.05) is 11.8 Å². The van der Waals surface area contributed by atoms with Gasteiger partial charge in [0.15, 0.2) is 6.61 Å².